The summed E-state index contributed by atoms with van der Waals surface area (Å²) in [6, 6.07) is 0. The van der Waals surface area contributed by atoms with Crippen LogP contribution in [-0.2, 0) is 4.74 Å². The van der Waals surface area contributed by atoms with Crippen LogP contribution in [0.5, 0.6) is 0 Å². The lowest BCUT2D eigenvalue weighted by atomic mass is 10.7. The van der Waals surface area contributed by atoms with E-state index in [9.17, 15) is 0 Å². The Morgan fingerprint density at radius 3 is 2.86 bits per heavy atom. The smallest absolute Gasteiger partial charge is 0.0981 e. The monoisotopic (exact) mass is 101 g/mol. The van der Waals surface area contributed by atoms with Crippen LogP contribution in [0.3, 0.4) is 0 Å². The largest absolute Gasteiger partial charge is 0.503 e. The molecule has 0 saturated carbocycles. The fraction of sp³-hybridized carbons (Fsp3) is 0.600. The predicted octanol–water partition coefficient (Wildman–Crippen LogP) is 0.714. The van der Waals surface area contributed by atoms with Crippen molar-refractivity contribution in [3.05, 3.63) is 12.5 Å². The molecule has 0 saturated heterocycles. The molecule has 42 valence electrons. The molecule has 0 heterocycles. The Morgan fingerprint density at radius 2 is 2.43 bits per heavy atom. The van der Waals surface area contributed by atoms with Crippen molar-refractivity contribution < 1.29 is 4.74 Å². The first-order valence-electron chi connectivity index (χ1n) is 2.33. The highest BCUT2D eigenvalue weighted by Crippen LogP contribution is 1.64. The van der Waals surface area contributed by atoms with Crippen molar-refractivity contribution in [3.63, 3.8) is 0 Å². The molecule has 0 unspecified atom stereocenters. The molecule has 0 aromatic carbocycles. The first-order chi connectivity index (χ1) is 3.41. The summed E-state index contributed by atoms with van der Waals surface area (Å²) in [4.78, 5) is 0. The van der Waals surface area contributed by atoms with E-state index >= 15 is 0 Å². The second-order valence-electron chi connectivity index (χ2n) is 1.10. The molecule has 0 aliphatic heterocycles. The molecule has 0 aromatic heterocycles. The molecular formula is C5H11NO. The molecule has 0 rings (SSSR count). The van der Waals surface area contributed by atoms with Crippen LogP contribution >= 0.6 is 0 Å². The summed E-state index contributed by atoms with van der Waals surface area (Å²) in [5, 5.41) is 2.94. The summed E-state index contributed by atoms with van der Waals surface area (Å²) in [5.74, 6) is 0. The minimum atomic E-state index is 0.944. The van der Waals surface area contributed by atoms with Gasteiger partial charge in [-0.3, -0.25) is 0 Å². The summed E-state index contributed by atoms with van der Waals surface area (Å²) in [7, 11) is 1.62. The second kappa shape index (κ2) is 5.34. The van der Waals surface area contributed by atoms with Gasteiger partial charge in [0.15, 0.2) is 0 Å². The summed E-state index contributed by atoms with van der Waals surface area (Å²) in [6.07, 6.45) is 3.36. The molecule has 0 amide bonds. The van der Waals surface area contributed by atoms with E-state index in [0.29, 0.717) is 0 Å². The van der Waals surface area contributed by atoms with Crippen molar-refractivity contribution in [1.29, 1.82) is 0 Å². The van der Waals surface area contributed by atoms with Gasteiger partial charge in [-0.2, -0.15) is 0 Å². The number of hydrogen-bond donors (Lipinski definition) is 1. The first kappa shape index (κ1) is 6.34. The SMILES string of the molecule is CCNC=COC. The van der Waals surface area contributed by atoms with Gasteiger partial charge in [0.2, 0.25) is 0 Å². The summed E-state index contributed by atoms with van der Waals surface area (Å²) in [5.41, 5.74) is 0. The minimum Gasteiger partial charge on any atom is -0.503 e. The van der Waals surface area contributed by atoms with Crippen LogP contribution in [0.15, 0.2) is 12.5 Å². The molecule has 0 spiro atoms. The van der Waals surface area contributed by atoms with Crippen LogP contribution in [0.1, 0.15) is 6.92 Å². The average Bonchev–Trinajstić information content (AvgIpc) is 1.69. The highest BCUT2D eigenvalue weighted by atomic mass is 16.5. The van der Waals surface area contributed by atoms with E-state index < -0.39 is 0 Å². The van der Waals surface area contributed by atoms with Crippen molar-refractivity contribution in [3.8, 4) is 0 Å². The molecule has 2 heteroatoms. The third-order valence-corrected chi connectivity index (χ3v) is 0.526. The number of hydrogen-bond acceptors (Lipinski definition) is 2. The average molecular weight is 101 g/mol. The van der Waals surface area contributed by atoms with E-state index in [-0.39, 0.29) is 0 Å². The fourth-order valence-corrected chi connectivity index (χ4v) is 0.234. The van der Waals surface area contributed by atoms with E-state index in [4.69, 9.17) is 0 Å². The summed E-state index contributed by atoms with van der Waals surface area (Å²) >= 11 is 0. The number of nitrogens with one attached hydrogen (secondary N) is 1. The number of ether oxygens (including phenoxy) is 1. The van der Waals surface area contributed by atoms with Gasteiger partial charge >= 0.3 is 0 Å². The molecule has 2 nitrogen and oxygen atoms in total. The van der Waals surface area contributed by atoms with Gasteiger partial charge in [0.05, 0.1) is 13.4 Å². The predicted molar refractivity (Wildman–Crippen MR) is 29.8 cm³/mol. The molecule has 0 aromatic rings. The zero-order valence-corrected chi connectivity index (χ0v) is 4.77. The molecular weight excluding hydrogens is 90.1 g/mol. The van der Waals surface area contributed by atoms with Crippen LogP contribution in [0.25, 0.3) is 0 Å². The van der Waals surface area contributed by atoms with Gasteiger partial charge in [-0.05, 0) is 6.92 Å². The quantitative estimate of drug-likeness (QED) is 0.529. The molecule has 0 fully saturated rings. The van der Waals surface area contributed by atoms with E-state index in [1.165, 1.54) is 0 Å². The Hall–Kier alpha value is -0.660. The zero-order chi connectivity index (χ0) is 5.54. The highest BCUT2D eigenvalue weighted by Gasteiger charge is 1.62. The Morgan fingerprint density at radius 1 is 1.71 bits per heavy atom. The van der Waals surface area contributed by atoms with Crippen LogP contribution < -0.4 is 5.32 Å². The lowest BCUT2D eigenvalue weighted by Crippen LogP contribution is -2.01. The Kier molecular flexibility index (Phi) is 4.84. The fourth-order valence-electron chi connectivity index (χ4n) is 0.234. The van der Waals surface area contributed by atoms with Gasteiger partial charge in [0.25, 0.3) is 0 Å². The number of rotatable bonds is 3. The lowest BCUT2D eigenvalue weighted by Gasteiger charge is -1.88. The van der Waals surface area contributed by atoms with Gasteiger partial charge in [-0.1, -0.05) is 0 Å². The molecule has 0 radical (unpaired) electrons. The second-order valence-corrected chi connectivity index (χ2v) is 1.10. The van der Waals surface area contributed by atoms with Gasteiger partial charge in [0.1, 0.15) is 0 Å². The highest BCUT2D eigenvalue weighted by molar-refractivity contribution is 4.67. The zero-order valence-electron chi connectivity index (χ0n) is 4.77. The summed E-state index contributed by atoms with van der Waals surface area (Å²) in [6.45, 7) is 2.97. The molecule has 0 aliphatic rings. The Balaban J connectivity index is 2.78. The van der Waals surface area contributed by atoms with Crippen molar-refractivity contribution in [2.75, 3.05) is 13.7 Å². The van der Waals surface area contributed by atoms with E-state index in [0.717, 1.165) is 6.54 Å². The normalized spacial score (nSPS) is 9.43. The van der Waals surface area contributed by atoms with Crippen molar-refractivity contribution in [2.24, 2.45) is 0 Å². The van der Waals surface area contributed by atoms with Gasteiger partial charge in [0, 0.05) is 12.7 Å². The van der Waals surface area contributed by atoms with E-state index in [2.05, 4.69) is 10.1 Å². The third-order valence-electron chi connectivity index (χ3n) is 0.526. The molecule has 0 aliphatic carbocycles. The first-order valence-corrected chi connectivity index (χ1v) is 2.33. The van der Waals surface area contributed by atoms with E-state index in [1.54, 1.807) is 19.6 Å². The van der Waals surface area contributed by atoms with Crippen molar-refractivity contribution in [2.45, 2.75) is 6.92 Å². The maximum absolute atomic E-state index is 4.60. The van der Waals surface area contributed by atoms with Gasteiger partial charge < -0.3 is 10.1 Å². The van der Waals surface area contributed by atoms with Crippen molar-refractivity contribution in [1.82, 2.24) is 5.32 Å². The van der Waals surface area contributed by atoms with Crippen LogP contribution in [0.2, 0.25) is 0 Å². The summed E-state index contributed by atoms with van der Waals surface area (Å²) < 4.78 is 4.60. The molecule has 0 bridgehead atoms. The maximum Gasteiger partial charge on any atom is 0.0981 e. The standard InChI is InChI=1S/C5H11NO/c1-3-6-4-5-7-2/h4-6H,3H2,1-2H3. The Labute approximate surface area is 44.2 Å². The molecule has 0 atom stereocenters. The lowest BCUT2D eigenvalue weighted by molar-refractivity contribution is 0.335. The van der Waals surface area contributed by atoms with Crippen LogP contribution in [-0.4, -0.2) is 13.7 Å². The minimum absolute atomic E-state index is 0.944. The number of methoxy groups -OCH3 is 1. The third kappa shape index (κ3) is 5.34. The molecule has 7 heavy (non-hydrogen) atoms. The van der Waals surface area contributed by atoms with Crippen LogP contribution in [0, 0.1) is 0 Å². The maximum atomic E-state index is 4.60. The van der Waals surface area contributed by atoms with E-state index in [1.807, 2.05) is 6.92 Å². The van der Waals surface area contributed by atoms with Crippen LogP contribution in [0.4, 0.5) is 0 Å². The topological polar surface area (TPSA) is 21.3 Å². The molecule has 1 N–H and O–H groups in total. The van der Waals surface area contributed by atoms with Crippen molar-refractivity contribution >= 4 is 0 Å². The van der Waals surface area contributed by atoms with Gasteiger partial charge in [-0.25, -0.2) is 0 Å². The Bertz CT molecular complexity index is 52.0. The van der Waals surface area contributed by atoms with Gasteiger partial charge in [-0.15, -0.1) is 0 Å².